The molecule has 0 radical (unpaired) electrons. The Kier molecular flexibility index (Phi) is 3.36. The second-order valence-corrected chi connectivity index (χ2v) is 5.54. The summed E-state index contributed by atoms with van der Waals surface area (Å²) in [5.74, 6) is -0.136. The number of benzene rings is 2. The van der Waals surface area contributed by atoms with E-state index in [9.17, 15) is 9.50 Å². The minimum Gasteiger partial charge on any atom is -0.458 e. The van der Waals surface area contributed by atoms with Gasteiger partial charge in [0.1, 0.15) is 23.3 Å². The number of aliphatic hydroxyl groups is 1. The molecule has 4 heteroatoms. The first-order valence-corrected chi connectivity index (χ1v) is 6.98. The van der Waals surface area contributed by atoms with Crippen LogP contribution >= 0.6 is 15.9 Å². The zero-order chi connectivity index (χ0) is 14.3. The molecule has 0 saturated heterocycles. The van der Waals surface area contributed by atoms with Gasteiger partial charge in [-0.25, -0.2) is 4.39 Å². The van der Waals surface area contributed by atoms with E-state index in [-0.39, 0.29) is 5.56 Å². The molecular weight excluding hydrogens is 323 g/mol. The topological polar surface area (TPSA) is 33.4 Å². The zero-order valence-corrected chi connectivity index (χ0v) is 12.3. The Morgan fingerprint density at radius 1 is 1.20 bits per heavy atom. The van der Waals surface area contributed by atoms with Crippen LogP contribution < -0.4 is 0 Å². The van der Waals surface area contributed by atoms with Crippen LogP contribution in [0.25, 0.3) is 11.0 Å². The number of aryl methyl sites for hydroxylation is 1. The molecule has 3 rings (SSSR count). The Labute approximate surface area is 124 Å². The van der Waals surface area contributed by atoms with Crippen molar-refractivity contribution < 1.29 is 13.9 Å². The van der Waals surface area contributed by atoms with Gasteiger partial charge in [-0.2, -0.15) is 0 Å². The maximum absolute atomic E-state index is 14.0. The van der Waals surface area contributed by atoms with Crippen LogP contribution in [0.5, 0.6) is 0 Å². The second-order valence-electron chi connectivity index (χ2n) is 4.69. The van der Waals surface area contributed by atoms with Gasteiger partial charge in [-0.3, -0.25) is 0 Å². The van der Waals surface area contributed by atoms with Gasteiger partial charge in [0.25, 0.3) is 0 Å². The molecule has 3 aromatic rings. The number of rotatable bonds is 2. The number of hydrogen-bond donors (Lipinski definition) is 1. The van der Waals surface area contributed by atoms with E-state index in [1.807, 2.05) is 25.1 Å². The first-order chi connectivity index (χ1) is 9.58. The van der Waals surface area contributed by atoms with Crippen LogP contribution in [0.2, 0.25) is 0 Å². The first-order valence-electron chi connectivity index (χ1n) is 6.19. The van der Waals surface area contributed by atoms with Crippen molar-refractivity contribution in [2.24, 2.45) is 0 Å². The van der Waals surface area contributed by atoms with E-state index in [1.54, 1.807) is 24.3 Å². The number of furan rings is 1. The molecule has 1 N–H and O–H groups in total. The largest absolute Gasteiger partial charge is 0.458 e. The number of fused-ring (bicyclic) bond motifs is 1. The smallest absolute Gasteiger partial charge is 0.143 e. The predicted octanol–water partition coefficient (Wildman–Crippen LogP) is 4.72. The molecular formula is C16H12BrFO2. The molecule has 0 saturated carbocycles. The van der Waals surface area contributed by atoms with Crippen molar-refractivity contribution in [2.75, 3.05) is 0 Å². The highest BCUT2D eigenvalue weighted by atomic mass is 79.9. The molecule has 1 atom stereocenters. The molecule has 0 bridgehead atoms. The molecule has 1 aromatic heterocycles. The number of hydrogen-bond acceptors (Lipinski definition) is 2. The summed E-state index contributed by atoms with van der Waals surface area (Å²) in [6.07, 6.45) is -1.13. The fourth-order valence-electron chi connectivity index (χ4n) is 2.25. The molecule has 0 amide bonds. The van der Waals surface area contributed by atoms with Crippen LogP contribution in [0, 0.1) is 12.7 Å². The van der Waals surface area contributed by atoms with E-state index >= 15 is 0 Å². The lowest BCUT2D eigenvalue weighted by atomic mass is 10.1. The van der Waals surface area contributed by atoms with Crippen molar-refractivity contribution >= 4 is 26.9 Å². The van der Waals surface area contributed by atoms with Crippen molar-refractivity contribution in [3.8, 4) is 0 Å². The van der Waals surface area contributed by atoms with Gasteiger partial charge in [0, 0.05) is 10.9 Å². The summed E-state index contributed by atoms with van der Waals surface area (Å²) in [6.45, 7) is 1.93. The van der Waals surface area contributed by atoms with E-state index in [2.05, 4.69) is 15.9 Å². The average Bonchev–Trinajstić information content (AvgIpc) is 2.87. The molecule has 0 aliphatic heterocycles. The van der Waals surface area contributed by atoms with Gasteiger partial charge in [-0.1, -0.05) is 30.3 Å². The maximum Gasteiger partial charge on any atom is 0.143 e. The molecule has 2 nitrogen and oxygen atoms in total. The van der Waals surface area contributed by atoms with Crippen LogP contribution in [0.3, 0.4) is 0 Å². The molecule has 0 aliphatic carbocycles. The van der Waals surface area contributed by atoms with Gasteiger partial charge in [0.2, 0.25) is 0 Å². The highest BCUT2D eigenvalue weighted by Gasteiger charge is 2.20. The van der Waals surface area contributed by atoms with Crippen molar-refractivity contribution in [1.82, 2.24) is 0 Å². The lowest BCUT2D eigenvalue weighted by Crippen LogP contribution is -2.01. The van der Waals surface area contributed by atoms with E-state index in [0.29, 0.717) is 10.2 Å². The third-order valence-electron chi connectivity index (χ3n) is 3.31. The molecule has 0 spiro atoms. The van der Waals surface area contributed by atoms with Gasteiger partial charge in [0.15, 0.2) is 0 Å². The van der Waals surface area contributed by atoms with Crippen molar-refractivity contribution in [3.05, 3.63) is 69.6 Å². The SMILES string of the molecule is Cc1cccc2cc(C(O)c3cccc(Br)c3F)oc12. The lowest BCUT2D eigenvalue weighted by Gasteiger charge is -2.10. The summed E-state index contributed by atoms with van der Waals surface area (Å²) in [7, 11) is 0. The van der Waals surface area contributed by atoms with Gasteiger partial charge >= 0.3 is 0 Å². The highest BCUT2D eigenvalue weighted by molar-refractivity contribution is 9.10. The third kappa shape index (κ3) is 2.15. The summed E-state index contributed by atoms with van der Waals surface area (Å²) in [4.78, 5) is 0. The summed E-state index contributed by atoms with van der Waals surface area (Å²) < 4.78 is 20.0. The first kappa shape index (κ1) is 13.3. The molecule has 1 heterocycles. The van der Waals surface area contributed by atoms with Crippen LogP contribution in [0.15, 0.2) is 51.4 Å². The van der Waals surface area contributed by atoms with Crippen LogP contribution in [-0.2, 0) is 0 Å². The number of para-hydroxylation sites is 1. The van der Waals surface area contributed by atoms with Crippen molar-refractivity contribution in [2.45, 2.75) is 13.0 Å². The van der Waals surface area contributed by atoms with E-state index in [4.69, 9.17) is 4.42 Å². The van der Waals surface area contributed by atoms with Gasteiger partial charge in [-0.15, -0.1) is 0 Å². The Hall–Kier alpha value is -1.65. The monoisotopic (exact) mass is 334 g/mol. The second kappa shape index (κ2) is 5.04. The summed E-state index contributed by atoms with van der Waals surface area (Å²) in [5, 5.41) is 11.2. The van der Waals surface area contributed by atoms with Gasteiger partial charge in [-0.05, 0) is 40.5 Å². The molecule has 2 aromatic carbocycles. The Morgan fingerprint density at radius 3 is 2.70 bits per heavy atom. The molecule has 1 unspecified atom stereocenters. The third-order valence-corrected chi connectivity index (χ3v) is 3.92. The zero-order valence-electron chi connectivity index (χ0n) is 10.7. The van der Waals surface area contributed by atoms with E-state index in [0.717, 1.165) is 16.5 Å². The average molecular weight is 335 g/mol. The molecule has 0 aliphatic rings. The molecule has 20 heavy (non-hydrogen) atoms. The standard InChI is InChI=1S/C16H12BrFO2/c1-9-4-2-5-10-8-13(20-16(9)10)15(19)11-6-3-7-12(17)14(11)18/h2-8,15,19H,1H3. The minimum atomic E-state index is -1.13. The Balaban J connectivity index is 2.10. The van der Waals surface area contributed by atoms with Crippen LogP contribution in [-0.4, -0.2) is 5.11 Å². The van der Waals surface area contributed by atoms with Gasteiger partial charge < -0.3 is 9.52 Å². The van der Waals surface area contributed by atoms with Crippen molar-refractivity contribution in [3.63, 3.8) is 0 Å². The fourth-order valence-corrected chi connectivity index (χ4v) is 2.63. The quantitative estimate of drug-likeness (QED) is 0.735. The van der Waals surface area contributed by atoms with Crippen LogP contribution in [0.1, 0.15) is 23.0 Å². The number of aliphatic hydroxyl groups excluding tert-OH is 1. The normalized spacial score (nSPS) is 12.8. The van der Waals surface area contributed by atoms with Crippen LogP contribution in [0.4, 0.5) is 4.39 Å². The summed E-state index contributed by atoms with van der Waals surface area (Å²) >= 11 is 3.12. The maximum atomic E-state index is 14.0. The Morgan fingerprint density at radius 2 is 1.95 bits per heavy atom. The Bertz CT molecular complexity index is 779. The van der Waals surface area contributed by atoms with Crippen molar-refractivity contribution in [1.29, 1.82) is 0 Å². The summed E-state index contributed by atoms with van der Waals surface area (Å²) in [6, 6.07) is 12.3. The fraction of sp³-hybridized carbons (Fsp3) is 0.125. The minimum absolute atomic E-state index is 0.191. The molecule has 102 valence electrons. The predicted molar refractivity (Wildman–Crippen MR) is 79.1 cm³/mol. The summed E-state index contributed by atoms with van der Waals surface area (Å²) in [5.41, 5.74) is 1.89. The van der Waals surface area contributed by atoms with Gasteiger partial charge in [0.05, 0.1) is 4.47 Å². The molecule has 0 fully saturated rings. The number of halogens is 2. The van der Waals surface area contributed by atoms with E-state index < -0.39 is 11.9 Å². The van der Waals surface area contributed by atoms with E-state index in [1.165, 1.54) is 0 Å². The highest BCUT2D eigenvalue weighted by Crippen LogP contribution is 2.32. The lowest BCUT2D eigenvalue weighted by molar-refractivity contribution is 0.187.